The van der Waals surface area contributed by atoms with Crippen molar-refractivity contribution in [3.63, 3.8) is 0 Å². The molecular formula is C18H16N2OS2. The molecule has 0 atom stereocenters. The lowest BCUT2D eigenvalue weighted by atomic mass is 10.2. The van der Waals surface area contributed by atoms with Crippen LogP contribution in [0.25, 0.3) is 0 Å². The number of thioether (sulfide) groups is 1. The molecule has 3 nitrogen and oxygen atoms in total. The summed E-state index contributed by atoms with van der Waals surface area (Å²) in [6.45, 7) is 1.96. The summed E-state index contributed by atoms with van der Waals surface area (Å²) >= 11 is 3.06. The van der Waals surface area contributed by atoms with Gasteiger partial charge in [0, 0.05) is 22.4 Å². The van der Waals surface area contributed by atoms with Gasteiger partial charge in [0.25, 0.3) is 0 Å². The molecule has 3 rings (SSSR count). The molecule has 2 aromatic carbocycles. The van der Waals surface area contributed by atoms with Gasteiger partial charge in [-0.15, -0.1) is 11.3 Å². The fourth-order valence-electron chi connectivity index (χ4n) is 2.18. The molecule has 23 heavy (non-hydrogen) atoms. The summed E-state index contributed by atoms with van der Waals surface area (Å²) in [5.74, 6) is 0.400. The zero-order valence-electron chi connectivity index (χ0n) is 12.7. The van der Waals surface area contributed by atoms with Gasteiger partial charge in [-0.2, -0.15) is 0 Å². The van der Waals surface area contributed by atoms with E-state index in [2.05, 4.69) is 4.98 Å². The molecule has 5 heteroatoms. The number of benzene rings is 2. The zero-order valence-corrected chi connectivity index (χ0v) is 14.3. The lowest BCUT2D eigenvalue weighted by Crippen LogP contribution is -2.27. The number of hydrogen-bond donors (Lipinski definition) is 0. The number of carbonyl (C=O) groups is 1. The van der Waals surface area contributed by atoms with Crippen molar-refractivity contribution in [3.05, 3.63) is 71.7 Å². The number of rotatable bonds is 5. The Morgan fingerprint density at radius 1 is 1.04 bits per heavy atom. The number of para-hydroxylation sites is 2. The van der Waals surface area contributed by atoms with Crippen LogP contribution in [0.2, 0.25) is 0 Å². The molecule has 0 aliphatic heterocycles. The second-order valence-electron chi connectivity index (χ2n) is 4.94. The van der Waals surface area contributed by atoms with Gasteiger partial charge in [0.2, 0.25) is 5.91 Å². The molecule has 0 N–H and O–H groups in total. The highest BCUT2D eigenvalue weighted by Crippen LogP contribution is 2.28. The number of anilines is 2. The number of nitrogens with zero attached hydrogens (tertiary/aromatic N) is 2. The van der Waals surface area contributed by atoms with E-state index in [-0.39, 0.29) is 5.91 Å². The zero-order chi connectivity index (χ0) is 16.1. The minimum Gasteiger partial charge on any atom is -0.280 e. The Hall–Kier alpha value is -2.11. The third-order valence-electron chi connectivity index (χ3n) is 3.20. The van der Waals surface area contributed by atoms with Crippen molar-refractivity contribution in [2.45, 2.75) is 11.3 Å². The summed E-state index contributed by atoms with van der Waals surface area (Å²) in [6, 6.07) is 19.4. The predicted molar refractivity (Wildman–Crippen MR) is 97.6 cm³/mol. The van der Waals surface area contributed by atoms with Gasteiger partial charge in [0.15, 0.2) is 4.34 Å². The van der Waals surface area contributed by atoms with E-state index < -0.39 is 0 Å². The number of thiazole rings is 1. The molecule has 1 amide bonds. The van der Waals surface area contributed by atoms with E-state index in [0.29, 0.717) is 5.75 Å². The molecule has 3 aromatic rings. The smallest absolute Gasteiger partial charge is 0.241 e. The van der Waals surface area contributed by atoms with Crippen molar-refractivity contribution in [3.8, 4) is 0 Å². The number of amides is 1. The molecule has 0 saturated carbocycles. The highest BCUT2D eigenvalue weighted by Gasteiger charge is 2.18. The summed E-state index contributed by atoms with van der Waals surface area (Å²) in [5.41, 5.74) is 2.74. The standard InChI is InChI=1S/C18H16N2OS2/c1-14-12-22-18(19-14)23-13-17(21)20(15-8-4-2-5-9-15)16-10-6-3-7-11-16/h2-12H,13H2,1H3. The van der Waals surface area contributed by atoms with Crippen LogP contribution in [-0.4, -0.2) is 16.6 Å². The van der Waals surface area contributed by atoms with Crippen molar-refractivity contribution in [2.75, 3.05) is 10.7 Å². The topological polar surface area (TPSA) is 33.2 Å². The summed E-state index contributed by atoms with van der Waals surface area (Å²) in [5, 5.41) is 2.00. The van der Waals surface area contributed by atoms with Crippen LogP contribution < -0.4 is 4.90 Å². The van der Waals surface area contributed by atoms with Gasteiger partial charge >= 0.3 is 0 Å². The molecule has 1 aromatic heterocycles. The fourth-order valence-corrected chi connectivity index (χ4v) is 3.88. The first-order chi connectivity index (χ1) is 11.2. The van der Waals surface area contributed by atoms with Crippen LogP contribution >= 0.6 is 23.1 Å². The first kappa shape index (κ1) is 15.8. The predicted octanol–water partition coefficient (Wildman–Crippen LogP) is 4.91. The van der Waals surface area contributed by atoms with Crippen LogP contribution in [0, 0.1) is 6.92 Å². The van der Waals surface area contributed by atoms with Crippen molar-refractivity contribution >= 4 is 40.4 Å². The van der Waals surface area contributed by atoms with Crippen LogP contribution in [0.4, 0.5) is 11.4 Å². The maximum atomic E-state index is 12.8. The Labute approximate surface area is 144 Å². The number of aromatic nitrogens is 1. The average Bonchev–Trinajstić information content (AvgIpc) is 3.01. The van der Waals surface area contributed by atoms with E-state index in [1.807, 2.05) is 73.0 Å². The molecule has 0 unspecified atom stereocenters. The van der Waals surface area contributed by atoms with Crippen molar-refractivity contribution in [1.29, 1.82) is 0 Å². The first-order valence-electron chi connectivity index (χ1n) is 7.22. The van der Waals surface area contributed by atoms with Crippen LogP contribution in [0.1, 0.15) is 5.69 Å². The normalized spacial score (nSPS) is 10.5. The Bertz CT molecular complexity index is 732. The summed E-state index contributed by atoms with van der Waals surface area (Å²) in [6.07, 6.45) is 0. The monoisotopic (exact) mass is 340 g/mol. The largest absolute Gasteiger partial charge is 0.280 e. The van der Waals surface area contributed by atoms with Gasteiger partial charge in [-0.1, -0.05) is 48.2 Å². The highest BCUT2D eigenvalue weighted by atomic mass is 32.2. The Balaban J connectivity index is 1.82. The molecule has 0 aliphatic rings. The molecular weight excluding hydrogens is 324 g/mol. The van der Waals surface area contributed by atoms with Crippen LogP contribution in [0.5, 0.6) is 0 Å². The quantitative estimate of drug-likeness (QED) is 0.619. The van der Waals surface area contributed by atoms with Crippen LogP contribution in [-0.2, 0) is 4.79 Å². The Kier molecular flexibility index (Phi) is 5.10. The summed E-state index contributed by atoms with van der Waals surface area (Å²) in [4.78, 5) is 19.0. The van der Waals surface area contributed by atoms with E-state index in [9.17, 15) is 4.79 Å². The van der Waals surface area contributed by atoms with Crippen molar-refractivity contribution in [2.24, 2.45) is 0 Å². The Morgan fingerprint density at radius 2 is 1.61 bits per heavy atom. The molecule has 116 valence electrons. The molecule has 0 fully saturated rings. The van der Waals surface area contributed by atoms with E-state index in [1.165, 1.54) is 11.8 Å². The van der Waals surface area contributed by atoms with Gasteiger partial charge in [-0.3, -0.25) is 9.69 Å². The van der Waals surface area contributed by atoms with Gasteiger partial charge < -0.3 is 0 Å². The lowest BCUT2D eigenvalue weighted by Gasteiger charge is -2.22. The van der Waals surface area contributed by atoms with E-state index >= 15 is 0 Å². The number of aryl methyl sites for hydroxylation is 1. The maximum Gasteiger partial charge on any atom is 0.241 e. The molecule has 1 heterocycles. The highest BCUT2D eigenvalue weighted by molar-refractivity contribution is 8.01. The fraction of sp³-hybridized carbons (Fsp3) is 0.111. The molecule has 0 spiro atoms. The van der Waals surface area contributed by atoms with Crippen molar-refractivity contribution in [1.82, 2.24) is 4.98 Å². The van der Waals surface area contributed by atoms with Crippen molar-refractivity contribution < 1.29 is 4.79 Å². The second-order valence-corrected chi connectivity index (χ2v) is 7.02. The van der Waals surface area contributed by atoms with E-state index in [1.54, 1.807) is 16.2 Å². The average molecular weight is 340 g/mol. The minimum atomic E-state index is 0.0419. The molecule has 0 radical (unpaired) electrons. The summed E-state index contributed by atoms with van der Waals surface area (Å²) < 4.78 is 0.928. The number of hydrogen-bond acceptors (Lipinski definition) is 4. The summed E-state index contributed by atoms with van der Waals surface area (Å²) in [7, 11) is 0. The van der Waals surface area contributed by atoms with Crippen LogP contribution in [0.3, 0.4) is 0 Å². The van der Waals surface area contributed by atoms with E-state index in [0.717, 1.165) is 21.4 Å². The lowest BCUT2D eigenvalue weighted by molar-refractivity contribution is -0.115. The number of carbonyl (C=O) groups excluding carboxylic acids is 1. The minimum absolute atomic E-state index is 0.0419. The van der Waals surface area contributed by atoms with Gasteiger partial charge in [-0.25, -0.2) is 4.98 Å². The van der Waals surface area contributed by atoms with Crippen LogP contribution in [0.15, 0.2) is 70.4 Å². The third kappa shape index (κ3) is 4.00. The van der Waals surface area contributed by atoms with Gasteiger partial charge in [0.1, 0.15) is 0 Å². The van der Waals surface area contributed by atoms with Gasteiger partial charge in [0.05, 0.1) is 5.75 Å². The first-order valence-corrected chi connectivity index (χ1v) is 9.08. The molecule has 0 aliphatic carbocycles. The SMILES string of the molecule is Cc1csc(SCC(=O)N(c2ccccc2)c2ccccc2)n1. The maximum absolute atomic E-state index is 12.8. The molecule has 0 bridgehead atoms. The Morgan fingerprint density at radius 3 is 2.09 bits per heavy atom. The third-order valence-corrected chi connectivity index (χ3v) is 5.32. The van der Waals surface area contributed by atoms with Gasteiger partial charge in [-0.05, 0) is 31.2 Å². The van der Waals surface area contributed by atoms with E-state index in [4.69, 9.17) is 0 Å². The second kappa shape index (κ2) is 7.44. The molecule has 0 saturated heterocycles.